The average molecular weight is 356 g/mol. The molecule has 0 bridgehead atoms. The highest BCUT2D eigenvalue weighted by Crippen LogP contribution is 2.16. The molecule has 138 valence electrons. The number of hydrogen-bond donors (Lipinski definition) is 2. The number of benzene rings is 2. The number of halogens is 1. The molecule has 1 heterocycles. The van der Waals surface area contributed by atoms with Gasteiger partial charge in [-0.2, -0.15) is 0 Å². The minimum atomic E-state index is -0.633. The van der Waals surface area contributed by atoms with Crippen molar-refractivity contribution < 1.29 is 9.18 Å². The van der Waals surface area contributed by atoms with Gasteiger partial charge in [0.25, 0.3) is 0 Å². The van der Waals surface area contributed by atoms with Crippen LogP contribution in [-0.4, -0.2) is 50.1 Å². The molecule has 2 aromatic carbocycles. The molecule has 3 N–H and O–H groups in total. The summed E-state index contributed by atoms with van der Waals surface area (Å²) in [4.78, 5) is 16.7. The van der Waals surface area contributed by atoms with E-state index in [1.54, 1.807) is 0 Å². The lowest BCUT2D eigenvalue weighted by Crippen LogP contribution is -2.49. The fraction of sp³-hybridized carbons (Fsp3) is 0.350. The molecule has 1 amide bonds. The summed E-state index contributed by atoms with van der Waals surface area (Å²) in [7, 11) is 0. The van der Waals surface area contributed by atoms with Crippen LogP contribution in [0.4, 0.5) is 10.1 Å². The van der Waals surface area contributed by atoms with Crippen molar-refractivity contribution in [2.24, 2.45) is 5.73 Å². The van der Waals surface area contributed by atoms with Gasteiger partial charge in [-0.25, -0.2) is 4.39 Å². The quantitative estimate of drug-likeness (QED) is 0.828. The van der Waals surface area contributed by atoms with Crippen molar-refractivity contribution in [1.29, 1.82) is 0 Å². The maximum Gasteiger partial charge on any atom is 0.241 e. The highest BCUT2D eigenvalue weighted by Gasteiger charge is 2.18. The number of amides is 1. The second-order valence-electron chi connectivity index (χ2n) is 6.48. The van der Waals surface area contributed by atoms with Crippen molar-refractivity contribution in [3.05, 3.63) is 66.0 Å². The molecule has 1 fully saturated rings. The van der Waals surface area contributed by atoms with Gasteiger partial charge in [0.2, 0.25) is 5.91 Å². The molecule has 5 nitrogen and oxygen atoms in total. The van der Waals surface area contributed by atoms with Crippen LogP contribution in [0.2, 0.25) is 0 Å². The van der Waals surface area contributed by atoms with Gasteiger partial charge in [-0.05, 0) is 29.8 Å². The van der Waals surface area contributed by atoms with Gasteiger partial charge < -0.3 is 16.0 Å². The van der Waals surface area contributed by atoms with Crippen molar-refractivity contribution in [3.8, 4) is 0 Å². The third-order valence-electron chi connectivity index (χ3n) is 4.73. The van der Waals surface area contributed by atoms with Crippen LogP contribution in [0.3, 0.4) is 0 Å². The zero-order chi connectivity index (χ0) is 18.4. The van der Waals surface area contributed by atoms with Gasteiger partial charge in [0.15, 0.2) is 0 Å². The first kappa shape index (κ1) is 18.4. The molecule has 1 saturated heterocycles. The molecule has 0 aromatic heterocycles. The third kappa shape index (κ3) is 4.80. The molecular formula is C20H25FN4O. The molecule has 0 saturated carbocycles. The number of anilines is 1. The van der Waals surface area contributed by atoms with E-state index in [2.05, 4.69) is 15.1 Å². The van der Waals surface area contributed by atoms with Gasteiger partial charge in [-0.15, -0.1) is 0 Å². The van der Waals surface area contributed by atoms with E-state index in [1.807, 2.05) is 42.5 Å². The lowest BCUT2D eigenvalue weighted by atomic mass is 10.1. The van der Waals surface area contributed by atoms with Crippen LogP contribution in [0.1, 0.15) is 11.6 Å². The minimum Gasteiger partial charge on any atom is -0.369 e. The van der Waals surface area contributed by atoms with E-state index in [4.69, 9.17) is 5.73 Å². The van der Waals surface area contributed by atoms with Gasteiger partial charge in [0, 0.05) is 45.0 Å². The zero-order valence-corrected chi connectivity index (χ0v) is 14.8. The fourth-order valence-electron chi connectivity index (χ4n) is 3.14. The van der Waals surface area contributed by atoms with Crippen molar-refractivity contribution in [2.45, 2.75) is 6.04 Å². The molecule has 1 atom stereocenters. The number of nitrogens with one attached hydrogen (secondary N) is 1. The largest absolute Gasteiger partial charge is 0.369 e. The molecule has 2 aromatic rings. The Morgan fingerprint density at radius 1 is 1.04 bits per heavy atom. The van der Waals surface area contributed by atoms with Gasteiger partial charge >= 0.3 is 0 Å². The Kier molecular flexibility index (Phi) is 6.20. The Morgan fingerprint density at radius 3 is 2.35 bits per heavy atom. The maximum atomic E-state index is 13.0. The Labute approximate surface area is 153 Å². The van der Waals surface area contributed by atoms with Crippen LogP contribution in [0.5, 0.6) is 0 Å². The van der Waals surface area contributed by atoms with Crippen LogP contribution in [-0.2, 0) is 4.79 Å². The molecule has 3 rings (SSSR count). The first-order valence-electron chi connectivity index (χ1n) is 8.94. The number of carbonyl (C=O) groups is 1. The molecule has 0 aliphatic carbocycles. The molecule has 1 aliphatic rings. The Bertz CT molecular complexity index is 700. The summed E-state index contributed by atoms with van der Waals surface area (Å²) in [5.74, 6) is -0.363. The topological polar surface area (TPSA) is 61.6 Å². The summed E-state index contributed by atoms with van der Waals surface area (Å²) in [5.41, 5.74) is 7.86. The summed E-state index contributed by atoms with van der Waals surface area (Å²) in [6.07, 6.45) is 0. The molecule has 0 spiro atoms. The molecule has 1 unspecified atom stereocenters. The van der Waals surface area contributed by atoms with Crippen LogP contribution < -0.4 is 16.0 Å². The normalized spacial score (nSPS) is 16.3. The highest BCUT2D eigenvalue weighted by atomic mass is 19.1. The third-order valence-corrected chi connectivity index (χ3v) is 4.73. The second-order valence-corrected chi connectivity index (χ2v) is 6.48. The van der Waals surface area contributed by atoms with E-state index in [-0.39, 0.29) is 11.7 Å². The van der Waals surface area contributed by atoms with Crippen LogP contribution in [0.25, 0.3) is 0 Å². The first-order chi connectivity index (χ1) is 12.6. The summed E-state index contributed by atoms with van der Waals surface area (Å²) >= 11 is 0. The van der Waals surface area contributed by atoms with Crippen molar-refractivity contribution >= 4 is 11.6 Å². The lowest BCUT2D eigenvalue weighted by Gasteiger charge is -2.36. The molecular weight excluding hydrogens is 331 g/mol. The highest BCUT2D eigenvalue weighted by molar-refractivity contribution is 5.82. The first-order valence-corrected chi connectivity index (χ1v) is 8.94. The van der Waals surface area contributed by atoms with E-state index in [0.29, 0.717) is 6.54 Å². The number of nitrogens with two attached hydrogens (primary N) is 1. The Hall–Kier alpha value is -2.44. The molecule has 26 heavy (non-hydrogen) atoms. The monoisotopic (exact) mass is 356 g/mol. The predicted octanol–water partition coefficient (Wildman–Crippen LogP) is 1.76. The second kappa shape index (κ2) is 8.78. The van der Waals surface area contributed by atoms with E-state index < -0.39 is 6.04 Å². The van der Waals surface area contributed by atoms with Crippen molar-refractivity contribution in [2.75, 3.05) is 44.2 Å². The zero-order valence-electron chi connectivity index (χ0n) is 14.8. The fourth-order valence-corrected chi connectivity index (χ4v) is 3.14. The van der Waals surface area contributed by atoms with Gasteiger partial charge in [-0.1, -0.05) is 30.3 Å². The lowest BCUT2D eigenvalue weighted by molar-refractivity contribution is -0.122. The van der Waals surface area contributed by atoms with Crippen molar-refractivity contribution in [3.63, 3.8) is 0 Å². The summed E-state index contributed by atoms with van der Waals surface area (Å²) in [6.45, 7) is 4.99. The van der Waals surface area contributed by atoms with E-state index >= 15 is 0 Å². The van der Waals surface area contributed by atoms with E-state index in [1.165, 1.54) is 12.1 Å². The summed E-state index contributed by atoms with van der Waals surface area (Å²) < 4.78 is 13.0. The maximum absolute atomic E-state index is 13.0. The van der Waals surface area contributed by atoms with E-state index in [9.17, 15) is 9.18 Å². The number of nitrogens with zero attached hydrogens (tertiary/aromatic N) is 2. The van der Waals surface area contributed by atoms with Crippen LogP contribution in [0.15, 0.2) is 54.6 Å². The van der Waals surface area contributed by atoms with Gasteiger partial charge in [-0.3, -0.25) is 9.69 Å². The standard InChI is InChI=1S/C20H25FN4O/c21-17-6-8-18(9-7-17)25-14-12-24(13-15-25)11-10-23-20(26)19(22)16-4-2-1-3-5-16/h1-9,19H,10-15,22H2,(H,23,26). The van der Waals surface area contributed by atoms with Gasteiger partial charge in [0.1, 0.15) is 11.9 Å². The average Bonchev–Trinajstić information content (AvgIpc) is 2.69. The predicted molar refractivity (Wildman–Crippen MR) is 101 cm³/mol. The SMILES string of the molecule is NC(C(=O)NCCN1CCN(c2ccc(F)cc2)CC1)c1ccccc1. The molecule has 1 aliphatic heterocycles. The van der Waals surface area contributed by atoms with Crippen molar-refractivity contribution in [1.82, 2.24) is 10.2 Å². The van der Waals surface area contributed by atoms with E-state index in [0.717, 1.165) is 44.0 Å². The Morgan fingerprint density at radius 2 is 1.69 bits per heavy atom. The molecule has 0 radical (unpaired) electrons. The van der Waals surface area contributed by atoms with Crippen LogP contribution in [0, 0.1) is 5.82 Å². The summed E-state index contributed by atoms with van der Waals surface area (Å²) in [6, 6.07) is 15.4. The Balaban J connectivity index is 1.38. The number of carbonyl (C=O) groups excluding carboxylic acids is 1. The number of rotatable bonds is 6. The molecule has 6 heteroatoms. The smallest absolute Gasteiger partial charge is 0.241 e. The summed E-state index contributed by atoms with van der Waals surface area (Å²) in [5, 5.41) is 2.92. The number of piperazine rings is 1. The van der Waals surface area contributed by atoms with Gasteiger partial charge in [0.05, 0.1) is 0 Å². The van der Waals surface area contributed by atoms with Crippen LogP contribution >= 0.6 is 0 Å². The number of hydrogen-bond acceptors (Lipinski definition) is 4. The minimum absolute atomic E-state index is 0.152.